The molecule has 0 aliphatic carbocycles. The van der Waals surface area contributed by atoms with Gasteiger partial charge in [-0.1, -0.05) is 6.07 Å². The van der Waals surface area contributed by atoms with Gasteiger partial charge in [-0.3, -0.25) is 15.0 Å². The Kier molecular flexibility index (Phi) is 6.00. The smallest absolute Gasteiger partial charge is 0.353 e. The molecular weight excluding hydrogens is 440 g/mol. The summed E-state index contributed by atoms with van der Waals surface area (Å²) in [6.07, 6.45) is 1.35. The molecule has 1 fully saturated rings. The summed E-state index contributed by atoms with van der Waals surface area (Å²) in [6, 6.07) is 13.1. The van der Waals surface area contributed by atoms with Gasteiger partial charge in [0.15, 0.2) is 11.5 Å². The van der Waals surface area contributed by atoms with Crippen LogP contribution in [0, 0.1) is 10.1 Å². The van der Waals surface area contributed by atoms with E-state index in [1.165, 1.54) is 6.33 Å². The second kappa shape index (κ2) is 9.40. The Morgan fingerprint density at radius 1 is 1.06 bits per heavy atom. The molecule has 176 valence electrons. The van der Waals surface area contributed by atoms with Crippen molar-refractivity contribution in [2.45, 2.75) is 6.54 Å². The van der Waals surface area contributed by atoms with Gasteiger partial charge in [-0.2, -0.15) is 0 Å². The Hall–Kier alpha value is -4.12. The van der Waals surface area contributed by atoms with Crippen molar-refractivity contribution in [2.75, 3.05) is 50.3 Å². The van der Waals surface area contributed by atoms with Crippen molar-refractivity contribution in [3.8, 4) is 17.2 Å². The predicted molar refractivity (Wildman–Crippen MR) is 125 cm³/mol. The molecule has 2 aliphatic rings. The number of rotatable bonds is 7. The lowest BCUT2D eigenvalue weighted by Crippen LogP contribution is -2.46. The van der Waals surface area contributed by atoms with Crippen molar-refractivity contribution in [1.82, 2.24) is 14.9 Å². The third-order valence-corrected chi connectivity index (χ3v) is 5.85. The number of hydrogen-bond acceptors (Lipinski definition) is 10. The molecule has 0 spiro atoms. The summed E-state index contributed by atoms with van der Waals surface area (Å²) < 4.78 is 16.0. The molecule has 3 aromatic rings. The lowest BCUT2D eigenvalue weighted by atomic mass is 10.1. The Bertz CT molecular complexity index is 1180. The minimum Gasteiger partial charge on any atom is -0.497 e. The number of nitrogens with zero attached hydrogens (tertiary/aromatic N) is 5. The van der Waals surface area contributed by atoms with Crippen molar-refractivity contribution in [1.29, 1.82) is 0 Å². The first-order valence-corrected chi connectivity index (χ1v) is 10.9. The molecule has 3 heterocycles. The summed E-state index contributed by atoms with van der Waals surface area (Å²) in [5.41, 5.74) is 1.67. The second-order valence-corrected chi connectivity index (χ2v) is 7.96. The van der Waals surface area contributed by atoms with Gasteiger partial charge in [0.25, 0.3) is 0 Å². The van der Waals surface area contributed by atoms with E-state index in [-0.39, 0.29) is 18.3 Å². The Morgan fingerprint density at radius 3 is 2.56 bits per heavy atom. The van der Waals surface area contributed by atoms with Crippen LogP contribution < -0.4 is 24.4 Å². The zero-order valence-electron chi connectivity index (χ0n) is 18.6. The number of piperazine rings is 1. The molecule has 0 radical (unpaired) electrons. The maximum Gasteiger partial charge on any atom is 0.353 e. The number of hydrogen-bond donors (Lipinski definition) is 1. The van der Waals surface area contributed by atoms with E-state index in [9.17, 15) is 10.1 Å². The molecule has 34 heavy (non-hydrogen) atoms. The van der Waals surface area contributed by atoms with Gasteiger partial charge in [-0.25, -0.2) is 9.97 Å². The van der Waals surface area contributed by atoms with Crippen molar-refractivity contribution in [2.24, 2.45) is 0 Å². The zero-order valence-corrected chi connectivity index (χ0v) is 18.6. The number of nitrogens with one attached hydrogen (secondary N) is 1. The van der Waals surface area contributed by atoms with Crippen LogP contribution in [-0.2, 0) is 6.54 Å². The maximum absolute atomic E-state index is 12.0. The molecule has 1 saturated heterocycles. The molecule has 0 unspecified atom stereocenters. The molecule has 2 aliphatic heterocycles. The van der Waals surface area contributed by atoms with Crippen LogP contribution in [0.25, 0.3) is 0 Å². The summed E-state index contributed by atoms with van der Waals surface area (Å²) in [6.45, 7) is 3.74. The number of benzene rings is 2. The highest BCUT2D eigenvalue weighted by Crippen LogP contribution is 2.35. The van der Waals surface area contributed by atoms with Crippen LogP contribution in [0.1, 0.15) is 5.56 Å². The first kappa shape index (κ1) is 21.7. The fourth-order valence-corrected chi connectivity index (χ4v) is 4.09. The van der Waals surface area contributed by atoms with Crippen LogP contribution in [0.4, 0.5) is 23.0 Å². The van der Waals surface area contributed by atoms with E-state index in [4.69, 9.17) is 14.2 Å². The summed E-state index contributed by atoms with van der Waals surface area (Å²) >= 11 is 0. The minimum atomic E-state index is -0.430. The zero-order chi connectivity index (χ0) is 23.5. The molecule has 11 heteroatoms. The first-order chi connectivity index (χ1) is 16.6. The highest BCUT2D eigenvalue weighted by molar-refractivity contribution is 5.74. The van der Waals surface area contributed by atoms with Gasteiger partial charge in [-0.15, -0.1) is 0 Å². The summed E-state index contributed by atoms with van der Waals surface area (Å²) in [5, 5.41) is 15.0. The van der Waals surface area contributed by atoms with Crippen molar-refractivity contribution >= 4 is 23.0 Å². The number of fused-ring (bicyclic) bond motifs is 1. The van der Waals surface area contributed by atoms with Gasteiger partial charge in [0.1, 0.15) is 12.1 Å². The average molecular weight is 464 g/mol. The largest absolute Gasteiger partial charge is 0.497 e. The number of aromatic nitrogens is 2. The van der Waals surface area contributed by atoms with Crippen LogP contribution in [0.2, 0.25) is 0 Å². The van der Waals surface area contributed by atoms with E-state index >= 15 is 0 Å². The first-order valence-electron chi connectivity index (χ1n) is 10.9. The fourth-order valence-electron chi connectivity index (χ4n) is 4.09. The lowest BCUT2D eigenvalue weighted by molar-refractivity contribution is -0.383. The van der Waals surface area contributed by atoms with Gasteiger partial charge >= 0.3 is 5.69 Å². The second-order valence-electron chi connectivity index (χ2n) is 7.96. The van der Waals surface area contributed by atoms with E-state index in [1.807, 2.05) is 23.1 Å². The number of nitro groups is 1. The summed E-state index contributed by atoms with van der Waals surface area (Å²) in [5.74, 6) is 2.71. The molecule has 1 N–H and O–H groups in total. The van der Waals surface area contributed by atoms with E-state index in [0.29, 0.717) is 30.3 Å². The van der Waals surface area contributed by atoms with Gasteiger partial charge in [-0.05, 0) is 42.0 Å². The molecule has 0 amide bonds. The van der Waals surface area contributed by atoms with E-state index in [0.717, 1.165) is 36.7 Å². The number of ether oxygens (including phenoxy) is 3. The van der Waals surface area contributed by atoms with E-state index in [1.54, 1.807) is 31.4 Å². The molecule has 0 atom stereocenters. The van der Waals surface area contributed by atoms with Crippen molar-refractivity contribution in [3.05, 3.63) is 64.5 Å². The Labute approximate surface area is 196 Å². The molecular formula is C23H24N6O5. The van der Waals surface area contributed by atoms with Crippen LogP contribution in [0.3, 0.4) is 0 Å². The van der Waals surface area contributed by atoms with Crippen LogP contribution in [0.15, 0.2) is 48.8 Å². The highest BCUT2D eigenvalue weighted by atomic mass is 16.7. The van der Waals surface area contributed by atoms with Gasteiger partial charge < -0.3 is 24.4 Å². The minimum absolute atomic E-state index is 0.137. The lowest BCUT2D eigenvalue weighted by Gasteiger charge is -2.35. The predicted octanol–water partition coefficient (Wildman–Crippen LogP) is 3.19. The van der Waals surface area contributed by atoms with Crippen molar-refractivity contribution < 1.29 is 19.1 Å². The average Bonchev–Trinajstić information content (AvgIpc) is 3.33. The number of methoxy groups -OCH3 is 1. The van der Waals surface area contributed by atoms with Gasteiger partial charge in [0.2, 0.25) is 18.4 Å². The third kappa shape index (κ3) is 4.50. The Morgan fingerprint density at radius 2 is 1.82 bits per heavy atom. The monoisotopic (exact) mass is 464 g/mol. The van der Waals surface area contributed by atoms with Crippen molar-refractivity contribution in [3.63, 3.8) is 0 Å². The van der Waals surface area contributed by atoms with Crippen LogP contribution in [0.5, 0.6) is 17.2 Å². The molecule has 5 rings (SSSR count). The Balaban J connectivity index is 1.28. The fraction of sp³-hybridized carbons (Fsp3) is 0.304. The van der Waals surface area contributed by atoms with Crippen LogP contribution in [-0.4, -0.2) is 59.9 Å². The number of anilines is 3. The van der Waals surface area contributed by atoms with E-state index in [2.05, 4.69) is 20.2 Å². The van der Waals surface area contributed by atoms with Gasteiger partial charge in [0, 0.05) is 38.4 Å². The molecule has 11 nitrogen and oxygen atoms in total. The molecule has 1 aromatic heterocycles. The topological polar surface area (TPSA) is 115 Å². The quantitative estimate of drug-likeness (QED) is 0.413. The summed E-state index contributed by atoms with van der Waals surface area (Å²) in [4.78, 5) is 24.2. The maximum atomic E-state index is 12.0. The standard InChI is InChI=1S/C23H24N6O5/c1-32-18-5-3-17(4-6-18)26-22-21(29(30)31)23(25-14-24-22)28-10-8-27(9-11-28)13-16-2-7-19-20(12-16)34-15-33-19/h2-7,12,14H,8-11,13,15H2,1H3,(H,24,25,26). The van der Waals surface area contributed by atoms with Gasteiger partial charge in [0.05, 0.1) is 12.0 Å². The molecule has 0 bridgehead atoms. The molecule has 2 aromatic carbocycles. The SMILES string of the molecule is COc1ccc(Nc2ncnc(N3CCN(Cc4ccc5c(c4)OCO5)CC3)c2[N+](=O)[O-])cc1. The van der Waals surface area contributed by atoms with E-state index < -0.39 is 4.92 Å². The van der Waals surface area contributed by atoms with Crippen LogP contribution >= 0.6 is 0 Å². The normalized spacial score (nSPS) is 15.3. The molecule has 0 saturated carbocycles. The highest BCUT2D eigenvalue weighted by Gasteiger charge is 2.29. The summed E-state index contributed by atoms with van der Waals surface area (Å²) in [7, 11) is 1.58. The third-order valence-electron chi connectivity index (χ3n) is 5.85.